The predicted molar refractivity (Wildman–Crippen MR) is 256 cm³/mol. The summed E-state index contributed by atoms with van der Waals surface area (Å²) in [5.41, 5.74) is 7.86. The van der Waals surface area contributed by atoms with E-state index in [4.69, 9.17) is 29.2 Å². The van der Waals surface area contributed by atoms with Crippen LogP contribution >= 0.6 is 22.7 Å². The maximum absolute atomic E-state index is 9.58. The molecule has 4 aliphatic rings. The molecule has 2 aliphatic heterocycles. The summed E-state index contributed by atoms with van der Waals surface area (Å²) in [6, 6.07) is 17.4. The highest BCUT2D eigenvalue weighted by atomic mass is 32.1. The lowest BCUT2D eigenvalue weighted by molar-refractivity contribution is 0.154. The number of aromatic nitrogens is 8. The number of nitrogens with one attached hydrogen (secondary N) is 6. The SMILES string of the molecule is COC[C@@H]1COc2c(nc(-c3cnc(C)s3)nc2N[C@@H]2CCc3[nH]c4ccccc4c3C2)N1.Cc1ncc(-c2nc3c(c(N[C@@H]4CCc5[nH]c6ccccc6c5C4)n2)OC[C@@H](CO)N3)s1. The molecule has 0 radical (unpaired) electrons. The second-order valence-electron chi connectivity index (χ2n) is 17.0. The molecular formula is C47H50N12O4S2. The van der Waals surface area contributed by atoms with Crippen LogP contribution < -0.4 is 30.7 Å². The third-order valence-corrected chi connectivity index (χ3v) is 14.2. The lowest BCUT2D eigenvalue weighted by atomic mass is 9.91. The average molecular weight is 911 g/mol. The number of hydrogen-bond acceptors (Lipinski definition) is 16. The normalized spacial score (nSPS) is 19.6. The molecule has 8 heterocycles. The highest BCUT2D eigenvalue weighted by Crippen LogP contribution is 2.41. The van der Waals surface area contributed by atoms with Gasteiger partial charge in [0.1, 0.15) is 13.2 Å². The predicted octanol–water partition coefficient (Wildman–Crippen LogP) is 7.70. The first-order chi connectivity index (χ1) is 31.8. The molecule has 0 saturated heterocycles. The van der Waals surface area contributed by atoms with Gasteiger partial charge in [-0.15, -0.1) is 22.7 Å². The number of methoxy groups -OCH3 is 1. The van der Waals surface area contributed by atoms with Gasteiger partial charge in [-0.1, -0.05) is 36.4 Å². The first-order valence-electron chi connectivity index (χ1n) is 22.1. The van der Waals surface area contributed by atoms with Crippen molar-refractivity contribution in [3.63, 3.8) is 0 Å². The molecule has 0 amide bonds. The highest BCUT2D eigenvalue weighted by molar-refractivity contribution is 7.15. The Morgan fingerprint density at radius 1 is 0.692 bits per heavy atom. The number of hydrogen-bond donors (Lipinski definition) is 7. The number of aliphatic hydroxyl groups is 1. The van der Waals surface area contributed by atoms with Crippen molar-refractivity contribution in [2.45, 2.75) is 76.5 Å². The first kappa shape index (κ1) is 41.4. The van der Waals surface area contributed by atoms with E-state index in [-0.39, 0.29) is 30.8 Å². The van der Waals surface area contributed by atoms with Gasteiger partial charge >= 0.3 is 0 Å². The van der Waals surface area contributed by atoms with E-state index in [1.165, 1.54) is 44.3 Å². The van der Waals surface area contributed by atoms with Gasteiger partial charge in [-0.3, -0.25) is 0 Å². The van der Waals surface area contributed by atoms with E-state index < -0.39 is 0 Å². The summed E-state index contributed by atoms with van der Waals surface area (Å²) in [5.74, 6) is 5.28. The highest BCUT2D eigenvalue weighted by Gasteiger charge is 2.31. The Morgan fingerprint density at radius 2 is 1.18 bits per heavy atom. The fourth-order valence-corrected chi connectivity index (χ4v) is 10.7. The summed E-state index contributed by atoms with van der Waals surface area (Å²) < 4.78 is 17.4. The van der Waals surface area contributed by atoms with E-state index in [9.17, 15) is 5.11 Å². The molecule has 4 atom stereocenters. The summed E-state index contributed by atoms with van der Waals surface area (Å²) >= 11 is 3.15. The summed E-state index contributed by atoms with van der Waals surface area (Å²) in [4.78, 5) is 36.9. The van der Waals surface area contributed by atoms with E-state index >= 15 is 0 Å². The van der Waals surface area contributed by atoms with Gasteiger partial charge in [0.05, 0.1) is 45.1 Å². The van der Waals surface area contributed by atoms with Gasteiger partial charge in [-0.25, -0.2) is 29.9 Å². The van der Waals surface area contributed by atoms with Crippen LogP contribution in [0.25, 0.3) is 43.2 Å². The standard InChI is InChI=1S/C24H26N6O2S.C23H24N6O2S/c1-13-25-10-20(33-13)22-29-23(21-24(30-22)27-15(11-31-2)12-32-21)26-14-7-8-19-17(9-14)16-5-3-4-6-18(16)28-19;1-12-24-9-19(32-12)21-28-22(20-23(29-21)26-14(10-30)11-31-20)25-13-6-7-18-16(8-13)15-4-2-3-5-17(15)27-18/h3-6,10,14-15,28H,7-9,11-12H2,1-2H3,(H2,26,27,29,30);2-5,9,13-14,27,30H,6-8,10-11H2,1H3,(H2,25,26,28,29)/t14-,15-;13-,14-/m11/s1. The number of benzene rings is 2. The Bertz CT molecular complexity index is 3020. The van der Waals surface area contributed by atoms with Gasteiger partial charge in [0, 0.05) is 64.8 Å². The second kappa shape index (κ2) is 17.6. The Labute approximate surface area is 383 Å². The van der Waals surface area contributed by atoms with Gasteiger partial charge in [0.25, 0.3) is 0 Å². The number of H-pyrrole nitrogens is 2. The number of aromatic amines is 2. The zero-order valence-electron chi connectivity index (χ0n) is 36.3. The molecule has 16 nitrogen and oxygen atoms in total. The molecule has 0 saturated carbocycles. The van der Waals surface area contributed by atoms with Crippen LogP contribution in [0.5, 0.6) is 11.5 Å². The first-order valence-corrected chi connectivity index (χ1v) is 23.8. The summed E-state index contributed by atoms with van der Waals surface area (Å²) in [6.07, 6.45) is 9.50. The average Bonchev–Trinajstić information content (AvgIpc) is 4.14. The molecule has 7 N–H and O–H groups in total. The molecule has 0 fully saturated rings. The van der Waals surface area contributed by atoms with Crippen molar-refractivity contribution < 1.29 is 19.3 Å². The fraction of sp³-hybridized carbons (Fsp3) is 0.362. The molecule has 18 heteroatoms. The van der Waals surface area contributed by atoms with Gasteiger partial charge < -0.3 is 50.6 Å². The van der Waals surface area contributed by atoms with Gasteiger partial charge in [-0.2, -0.15) is 0 Å². The quantitative estimate of drug-likeness (QED) is 0.0742. The van der Waals surface area contributed by atoms with Crippen molar-refractivity contribution in [2.24, 2.45) is 0 Å². The monoisotopic (exact) mass is 910 g/mol. The van der Waals surface area contributed by atoms with Crippen LogP contribution in [-0.2, 0) is 30.4 Å². The molecule has 0 spiro atoms. The van der Waals surface area contributed by atoms with Gasteiger partial charge in [0.15, 0.2) is 34.9 Å². The number of ether oxygens (including phenoxy) is 3. The lowest BCUT2D eigenvalue weighted by Crippen LogP contribution is -2.36. The number of fused-ring (bicyclic) bond motifs is 8. The number of para-hydroxylation sites is 2. The zero-order chi connectivity index (χ0) is 44.0. The van der Waals surface area contributed by atoms with Crippen LogP contribution in [0.3, 0.4) is 0 Å². The Morgan fingerprint density at radius 3 is 1.66 bits per heavy atom. The molecule has 12 rings (SSSR count). The van der Waals surface area contributed by atoms with Crippen LogP contribution in [0, 0.1) is 13.8 Å². The Balaban J connectivity index is 0.000000144. The number of anilines is 4. The van der Waals surface area contributed by atoms with E-state index in [1.807, 2.05) is 20.0 Å². The van der Waals surface area contributed by atoms with Crippen molar-refractivity contribution in [1.29, 1.82) is 0 Å². The van der Waals surface area contributed by atoms with E-state index in [2.05, 4.69) is 94.7 Å². The summed E-state index contributed by atoms with van der Waals surface area (Å²) in [5, 5.41) is 28.2. The molecule has 65 heavy (non-hydrogen) atoms. The van der Waals surface area contributed by atoms with Crippen molar-refractivity contribution in [1.82, 2.24) is 39.9 Å². The zero-order valence-corrected chi connectivity index (χ0v) is 38.0. The van der Waals surface area contributed by atoms with Crippen LogP contribution in [0.1, 0.15) is 45.4 Å². The second-order valence-corrected chi connectivity index (χ2v) is 19.5. The lowest BCUT2D eigenvalue weighted by Gasteiger charge is -2.30. The molecular weight excluding hydrogens is 861 g/mol. The summed E-state index contributed by atoms with van der Waals surface area (Å²) in [7, 11) is 1.69. The number of thiazole rings is 2. The van der Waals surface area contributed by atoms with E-state index in [0.717, 1.165) is 64.1 Å². The molecule has 0 unspecified atom stereocenters. The molecule has 334 valence electrons. The Hall–Kier alpha value is -6.34. The third kappa shape index (κ3) is 8.30. The molecule has 2 aromatic carbocycles. The van der Waals surface area contributed by atoms with Crippen LogP contribution in [0.2, 0.25) is 0 Å². The fourth-order valence-electron chi connectivity index (χ4n) is 9.31. The van der Waals surface area contributed by atoms with Gasteiger partial charge in [0.2, 0.25) is 11.5 Å². The maximum Gasteiger partial charge on any atom is 0.204 e. The molecule has 2 aliphatic carbocycles. The number of aliphatic hydroxyl groups excluding tert-OH is 1. The Kier molecular flexibility index (Phi) is 11.2. The van der Waals surface area contributed by atoms with Gasteiger partial charge in [-0.05, 0) is 75.6 Å². The molecule has 6 aromatic heterocycles. The molecule has 8 aromatic rings. The summed E-state index contributed by atoms with van der Waals surface area (Å²) in [6.45, 7) is 5.37. The third-order valence-electron chi connectivity index (χ3n) is 12.4. The topological polar surface area (TPSA) is 205 Å². The van der Waals surface area contributed by atoms with Crippen molar-refractivity contribution in [3.8, 4) is 32.9 Å². The van der Waals surface area contributed by atoms with Crippen molar-refractivity contribution in [3.05, 3.63) is 93.5 Å². The van der Waals surface area contributed by atoms with E-state index in [1.54, 1.807) is 36.0 Å². The smallest absolute Gasteiger partial charge is 0.204 e. The minimum absolute atomic E-state index is 0.0207. The number of rotatable bonds is 9. The van der Waals surface area contributed by atoms with Crippen LogP contribution in [0.15, 0.2) is 60.9 Å². The largest absolute Gasteiger partial charge is 0.484 e. The minimum atomic E-state index is -0.190. The number of aryl methyl sites for hydroxylation is 4. The molecule has 0 bridgehead atoms. The van der Waals surface area contributed by atoms with Crippen LogP contribution in [0.4, 0.5) is 23.3 Å². The van der Waals surface area contributed by atoms with Crippen LogP contribution in [-0.4, -0.2) is 103 Å². The van der Waals surface area contributed by atoms with E-state index in [0.29, 0.717) is 60.4 Å². The van der Waals surface area contributed by atoms with Crippen molar-refractivity contribution >= 4 is 67.8 Å². The maximum atomic E-state index is 9.58. The van der Waals surface area contributed by atoms with Crippen molar-refractivity contribution in [2.75, 3.05) is 54.8 Å². The number of nitrogens with zero attached hydrogens (tertiary/aromatic N) is 6. The minimum Gasteiger partial charge on any atom is -0.484 e.